The number of ether oxygens (including phenoxy) is 1. The van der Waals surface area contributed by atoms with Crippen LogP contribution in [0.1, 0.15) is 59.9 Å². The summed E-state index contributed by atoms with van der Waals surface area (Å²) in [6, 6.07) is 10.5. The molecule has 118 valence electrons. The summed E-state index contributed by atoms with van der Waals surface area (Å²) in [6.45, 7) is 11.9. The Kier molecular flexibility index (Phi) is 6.00. The van der Waals surface area contributed by atoms with Crippen LogP contribution in [-0.4, -0.2) is 11.6 Å². The van der Waals surface area contributed by atoms with Gasteiger partial charge in [-0.25, -0.2) is 0 Å². The molecule has 2 heteroatoms. The molecule has 0 spiro atoms. The van der Waals surface area contributed by atoms with Crippen LogP contribution in [0.5, 0.6) is 0 Å². The van der Waals surface area contributed by atoms with Gasteiger partial charge in [-0.05, 0) is 65.4 Å². The number of benzene rings is 1. The molecule has 0 saturated carbocycles. The van der Waals surface area contributed by atoms with E-state index in [2.05, 4.69) is 31.2 Å². The van der Waals surface area contributed by atoms with E-state index >= 15 is 0 Å². The van der Waals surface area contributed by atoms with Gasteiger partial charge in [0.1, 0.15) is 5.60 Å². The van der Waals surface area contributed by atoms with Crippen molar-refractivity contribution in [3.63, 3.8) is 0 Å². The Bertz CT molecular complexity index is 440. The summed E-state index contributed by atoms with van der Waals surface area (Å²) in [5.41, 5.74) is 0.539. The average Bonchev–Trinajstić information content (AvgIpc) is 2.36. The average molecular weight is 290 g/mol. The van der Waals surface area contributed by atoms with Crippen LogP contribution < -0.4 is 0 Å². The summed E-state index contributed by atoms with van der Waals surface area (Å²) in [7, 11) is 0. The van der Waals surface area contributed by atoms with Crippen molar-refractivity contribution < 1.29 is 9.53 Å². The van der Waals surface area contributed by atoms with E-state index in [1.165, 1.54) is 5.56 Å². The van der Waals surface area contributed by atoms with E-state index in [0.717, 1.165) is 19.3 Å². The predicted molar refractivity (Wildman–Crippen MR) is 88.2 cm³/mol. The Balaban J connectivity index is 2.44. The van der Waals surface area contributed by atoms with E-state index in [1.54, 1.807) is 0 Å². The molecule has 1 aromatic carbocycles. The molecule has 0 fully saturated rings. The Morgan fingerprint density at radius 1 is 1.10 bits per heavy atom. The summed E-state index contributed by atoms with van der Waals surface area (Å²) >= 11 is 0. The van der Waals surface area contributed by atoms with Gasteiger partial charge in [0.05, 0.1) is 5.41 Å². The van der Waals surface area contributed by atoms with Gasteiger partial charge in [-0.1, -0.05) is 37.3 Å². The van der Waals surface area contributed by atoms with E-state index in [0.29, 0.717) is 5.92 Å². The zero-order valence-electron chi connectivity index (χ0n) is 14.4. The zero-order valence-corrected chi connectivity index (χ0v) is 14.4. The van der Waals surface area contributed by atoms with Crippen LogP contribution in [0.3, 0.4) is 0 Å². The highest BCUT2D eigenvalue weighted by Crippen LogP contribution is 2.26. The topological polar surface area (TPSA) is 26.3 Å². The van der Waals surface area contributed by atoms with E-state index in [9.17, 15) is 4.79 Å². The Hall–Kier alpha value is -1.31. The van der Waals surface area contributed by atoms with E-state index < -0.39 is 11.0 Å². The number of hydrogen-bond donors (Lipinski definition) is 0. The normalized spacial score (nSPS) is 13.8. The number of hydrogen-bond acceptors (Lipinski definition) is 2. The summed E-state index contributed by atoms with van der Waals surface area (Å²) in [5, 5.41) is 0. The third-order valence-electron chi connectivity index (χ3n) is 3.65. The zero-order chi connectivity index (χ0) is 16.1. The van der Waals surface area contributed by atoms with Gasteiger partial charge >= 0.3 is 5.97 Å². The van der Waals surface area contributed by atoms with Gasteiger partial charge in [0.2, 0.25) is 0 Å². The lowest BCUT2D eigenvalue weighted by atomic mass is 9.91. The maximum absolute atomic E-state index is 12.0. The van der Waals surface area contributed by atoms with Gasteiger partial charge in [0.15, 0.2) is 0 Å². The van der Waals surface area contributed by atoms with Crippen molar-refractivity contribution in [1.82, 2.24) is 0 Å². The van der Waals surface area contributed by atoms with Gasteiger partial charge in [0.25, 0.3) is 0 Å². The second-order valence-corrected chi connectivity index (χ2v) is 7.73. The molecule has 0 aliphatic rings. The fourth-order valence-corrected chi connectivity index (χ4v) is 2.17. The molecule has 0 aliphatic heterocycles. The summed E-state index contributed by atoms with van der Waals surface area (Å²) in [5.74, 6) is 0.461. The Morgan fingerprint density at radius 2 is 1.67 bits per heavy atom. The molecule has 21 heavy (non-hydrogen) atoms. The molecule has 0 amide bonds. The Morgan fingerprint density at radius 3 is 2.19 bits per heavy atom. The van der Waals surface area contributed by atoms with Crippen LogP contribution in [0, 0.1) is 11.3 Å². The van der Waals surface area contributed by atoms with Gasteiger partial charge in [-0.2, -0.15) is 0 Å². The number of esters is 1. The molecule has 0 bridgehead atoms. The maximum Gasteiger partial charge on any atom is 0.311 e. The molecule has 0 aliphatic carbocycles. The molecule has 0 saturated heterocycles. The molecule has 1 unspecified atom stereocenters. The van der Waals surface area contributed by atoms with Crippen molar-refractivity contribution in [2.45, 2.75) is 66.4 Å². The first-order valence-electron chi connectivity index (χ1n) is 7.87. The van der Waals surface area contributed by atoms with Crippen molar-refractivity contribution in [1.29, 1.82) is 0 Å². The molecular formula is C19H30O2. The first kappa shape index (κ1) is 17.7. The van der Waals surface area contributed by atoms with Gasteiger partial charge in [-0.3, -0.25) is 4.79 Å². The van der Waals surface area contributed by atoms with Crippen molar-refractivity contribution in [2.24, 2.45) is 11.3 Å². The molecule has 1 aromatic rings. The number of rotatable bonds is 6. The van der Waals surface area contributed by atoms with Gasteiger partial charge < -0.3 is 4.74 Å². The highest BCUT2D eigenvalue weighted by atomic mass is 16.6. The predicted octanol–water partition coefficient (Wildman–Crippen LogP) is 5.01. The third-order valence-corrected chi connectivity index (χ3v) is 3.65. The standard InChI is InChI=1S/C19H30O2/c1-15(14-16-10-8-7-9-11-16)12-13-19(5,6)21-17(20)18(2,3)4/h7-11,15H,12-14H2,1-6H3. The van der Waals surface area contributed by atoms with Crippen LogP contribution in [0.4, 0.5) is 0 Å². The minimum Gasteiger partial charge on any atom is -0.459 e. The smallest absolute Gasteiger partial charge is 0.311 e. The van der Waals surface area contributed by atoms with Crippen molar-refractivity contribution in [3.05, 3.63) is 35.9 Å². The maximum atomic E-state index is 12.0. The van der Waals surface area contributed by atoms with Crippen LogP contribution >= 0.6 is 0 Å². The van der Waals surface area contributed by atoms with Crippen LogP contribution in [0.2, 0.25) is 0 Å². The lowest BCUT2D eigenvalue weighted by Crippen LogP contribution is -2.34. The summed E-state index contributed by atoms with van der Waals surface area (Å²) in [6.07, 6.45) is 3.02. The first-order valence-corrected chi connectivity index (χ1v) is 7.87. The largest absolute Gasteiger partial charge is 0.459 e. The minimum absolute atomic E-state index is 0.122. The van der Waals surface area contributed by atoms with Crippen molar-refractivity contribution >= 4 is 5.97 Å². The second-order valence-electron chi connectivity index (χ2n) is 7.73. The SMILES string of the molecule is CC(CCC(C)(C)OC(=O)C(C)(C)C)Cc1ccccc1. The van der Waals surface area contributed by atoms with Crippen molar-refractivity contribution in [2.75, 3.05) is 0 Å². The lowest BCUT2D eigenvalue weighted by Gasteiger charge is -2.30. The second kappa shape index (κ2) is 7.11. The van der Waals surface area contributed by atoms with E-state index in [4.69, 9.17) is 4.74 Å². The highest BCUT2D eigenvalue weighted by molar-refractivity contribution is 5.75. The lowest BCUT2D eigenvalue weighted by molar-refractivity contribution is -0.167. The van der Waals surface area contributed by atoms with Crippen LogP contribution in [0.15, 0.2) is 30.3 Å². The molecule has 0 heterocycles. The molecule has 0 N–H and O–H groups in total. The molecule has 0 radical (unpaired) electrons. The summed E-state index contributed by atoms with van der Waals surface area (Å²) in [4.78, 5) is 12.0. The highest BCUT2D eigenvalue weighted by Gasteiger charge is 2.30. The van der Waals surface area contributed by atoms with Crippen LogP contribution in [0.25, 0.3) is 0 Å². The Labute approximate surface area is 129 Å². The third kappa shape index (κ3) is 6.79. The molecule has 0 aromatic heterocycles. The summed E-state index contributed by atoms with van der Waals surface area (Å²) < 4.78 is 5.66. The monoisotopic (exact) mass is 290 g/mol. The fourth-order valence-electron chi connectivity index (χ4n) is 2.17. The van der Waals surface area contributed by atoms with Crippen molar-refractivity contribution in [3.8, 4) is 0 Å². The minimum atomic E-state index is -0.438. The number of carbonyl (C=O) groups is 1. The van der Waals surface area contributed by atoms with E-state index in [1.807, 2.05) is 40.7 Å². The quantitative estimate of drug-likeness (QED) is 0.688. The van der Waals surface area contributed by atoms with Gasteiger partial charge in [-0.15, -0.1) is 0 Å². The van der Waals surface area contributed by atoms with Gasteiger partial charge in [0, 0.05) is 0 Å². The molecular weight excluding hydrogens is 260 g/mol. The fraction of sp³-hybridized carbons (Fsp3) is 0.632. The van der Waals surface area contributed by atoms with E-state index in [-0.39, 0.29) is 5.97 Å². The molecule has 1 atom stereocenters. The number of carbonyl (C=O) groups excluding carboxylic acids is 1. The van der Waals surface area contributed by atoms with Crippen LogP contribution in [-0.2, 0) is 16.0 Å². The molecule has 2 nitrogen and oxygen atoms in total. The first-order chi connectivity index (χ1) is 9.60. The molecule has 1 rings (SSSR count).